The van der Waals surface area contributed by atoms with Crippen LogP contribution in [0.4, 0.5) is 10.5 Å². The predicted molar refractivity (Wildman–Crippen MR) is 94.3 cm³/mol. The largest absolute Gasteiger partial charge is 0.352 e. The van der Waals surface area contributed by atoms with E-state index in [9.17, 15) is 14.4 Å². The zero-order valence-electron chi connectivity index (χ0n) is 13.6. The number of rotatable bonds is 6. The molecule has 0 aliphatic carbocycles. The molecule has 0 saturated carbocycles. The normalized spacial score (nSPS) is 9.76. The third-order valence-electron chi connectivity index (χ3n) is 3.26. The summed E-state index contributed by atoms with van der Waals surface area (Å²) < 4.78 is 0. The van der Waals surface area contributed by atoms with Crippen molar-refractivity contribution in [2.45, 2.75) is 19.4 Å². The summed E-state index contributed by atoms with van der Waals surface area (Å²) in [6.45, 7) is 0.416. The fraction of sp³-hybridized carbons (Fsp3) is 0.167. The molecule has 7 heteroatoms. The van der Waals surface area contributed by atoms with E-state index in [1.54, 1.807) is 24.3 Å². The van der Waals surface area contributed by atoms with E-state index in [0.29, 0.717) is 12.2 Å². The minimum atomic E-state index is -0.562. The van der Waals surface area contributed by atoms with Crippen LogP contribution in [0.1, 0.15) is 18.4 Å². The summed E-state index contributed by atoms with van der Waals surface area (Å²) in [4.78, 5) is 35.0. The molecule has 0 aliphatic heterocycles. The highest BCUT2D eigenvalue weighted by Gasteiger charge is 2.08. The zero-order valence-corrected chi connectivity index (χ0v) is 13.6. The number of nitrogens with one attached hydrogen (secondary N) is 4. The topological polar surface area (TPSA) is 99.3 Å². The number of para-hydroxylation sites is 1. The average molecular weight is 340 g/mol. The molecule has 4 N–H and O–H groups in total. The van der Waals surface area contributed by atoms with Gasteiger partial charge in [0, 0.05) is 25.1 Å². The van der Waals surface area contributed by atoms with Gasteiger partial charge in [-0.2, -0.15) is 0 Å². The van der Waals surface area contributed by atoms with Crippen LogP contribution in [-0.2, 0) is 16.1 Å². The van der Waals surface area contributed by atoms with Crippen LogP contribution in [0.2, 0.25) is 0 Å². The van der Waals surface area contributed by atoms with E-state index < -0.39 is 11.9 Å². The second-order valence-electron chi connectivity index (χ2n) is 5.26. The Labute approximate surface area is 145 Å². The van der Waals surface area contributed by atoms with Crippen molar-refractivity contribution in [1.29, 1.82) is 0 Å². The number of benzene rings is 2. The minimum absolute atomic E-state index is 0.0216. The molecule has 0 saturated heterocycles. The Morgan fingerprint density at radius 3 is 2.00 bits per heavy atom. The van der Waals surface area contributed by atoms with E-state index in [1.165, 1.54) is 0 Å². The maximum Gasteiger partial charge on any atom is 0.337 e. The summed E-state index contributed by atoms with van der Waals surface area (Å²) in [7, 11) is 0. The molecule has 0 aromatic heterocycles. The summed E-state index contributed by atoms with van der Waals surface area (Å²) in [5, 5.41) is 5.29. The molecule has 0 fully saturated rings. The van der Waals surface area contributed by atoms with Crippen LogP contribution in [0.5, 0.6) is 0 Å². The van der Waals surface area contributed by atoms with Crippen molar-refractivity contribution in [2.24, 2.45) is 0 Å². The highest BCUT2D eigenvalue weighted by atomic mass is 16.2. The van der Waals surface area contributed by atoms with Crippen molar-refractivity contribution in [1.82, 2.24) is 16.2 Å². The molecule has 25 heavy (non-hydrogen) atoms. The van der Waals surface area contributed by atoms with Crippen molar-refractivity contribution in [2.75, 3.05) is 5.32 Å². The molecular formula is C18H20N4O3. The molecule has 2 rings (SSSR count). The quantitative estimate of drug-likeness (QED) is 0.605. The highest BCUT2D eigenvalue weighted by Crippen LogP contribution is 2.03. The summed E-state index contributed by atoms with van der Waals surface area (Å²) >= 11 is 0. The van der Waals surface area contributed by atoms with Gasteiger partial charge in [0.25, 0.3) is 0 Å². The Bertz CT molecular complexity index is 705. The molecule has 0 unspecified atom stereocenters. The molecule has 2 aromatic rings. The van der Waals surface area contributed by atoms with Gasteiger partial charge in [-0.05, 0) is 17.7 Å². The lowest BCUT2D eigenvalue weighted by Crippen LogP contribution is -2.44. The summed E-state index contributed by atoms with van der Waals surface area (Å²) in [6.07, 6.45) is 0.0207. The van der Waals surface area contributed by atoms with Gasteiger partial charge in [0.2, 0.25) is 11.8 Å². The van der Waals surface area contributed by atoms with Crippen LogP contribution in [0.3, 0.4) is 0 Å². The smallest absolute Gasteiger partial charge is 0.337 e. The lowest BCUT2D eigenvalue weighted by Gasteiger charge is -2.09. The first-order valence-electron chi connectivity index (χ1n) is 7.85. The van der Waals surface area contributed by atoms with Crippen LogP contribution in [-0.4, -0.2) is 17.8 Å². The fourth-order valence-electron chi connectivity index (χ4n) is 1.98. The zero-order chi connectivity index (χ0) is 17.9. The molecule has 130 valence electrons. The molecule has 7 nitrogen and oxygen atoms in total. The average Bonchev–Trinajstić information content (AvgIpc) is 2.64. The first-order chi connectivity index (χ1) is 12.1. The molecule has 0 radical (unpaired) electrons. The summed E-state index contributed by atoms with van der Waals surface area (Å²) in [5.74, 6) is -0.675. The minimum Gasteiger partial charge on any atom is -0.352 e. The maximum absolute atomic E-state index is 11.7. The van der Waals surface area contributed by atoms with Crippen LogP contribution in [0.25, 0.3) is 0 Å². The number of hydrazine groups is 1. The molecule has 0 bridgehead atoms. The van der Waals surface area contributed by atoms with E-state index in [1.807, 2.05) is 36.4 Å². The number of anilines is 1. The lowest BCUT2D eigenvalue weighted by atomic mass is 10.2. The van der Waals surface area contributed by atoms with E-state index in [0.717, 1.165) is 5.56 Å². The molecule has 2 aromatic carbocycles. The molecular weight excluding hydrogens is 320 g/mol. The Morgan fingerprint density at radius 2 is 1.32 bits per heavy atom. The second-order valence-corrected chi connectivity index (χ2v) is 5.26. The van der Waals surface area contributed by atoms with Crippen molar-refractivity contribution in [3.8, 4) is 0 Å². The third kappa shape index (κ3) is 7.17. The van der Waals surface area contributed by atoms with E-state index in [4.69, 9.17) is 0 Å². The number of hydrogen-bond acceptors (Lipinski definition) is 3. The number of carbonyl (C=O) groups excluding carboxylic acids is 3. The molecule has 0 atom stereocenters. The van der Waals surface area contributed by atoms with Gasteiger partial charge in [0.15, 0.2) is 0 Å². The van der Waals surface area contributed by atoms with Gasteiger partial charge >= 0.3 is 6.03 Å². The van der Waals surface area contributed by atoms with Crippen molar-refractivity contribution in [3.63, 3.8) is 0 Å². The predicted octanol–water partition coefficient (Wildman–Crippen LogP) is 1.94. The number of carbonyl (C=O) groups is 3. The van der Waals surface area contributed by atoms with E-state index in [-0.39, 0.29) is 18.7 Å². The maximum atomic E-state index is 11.7. The van der Waals surface area contributed by atoms with E-state index >= 15 is 0 Å². The second kappa shape index (κ2) is 9.71. The fourth-order valence-corrected chi connectivity index (χ4v) is 1.98. The Balaban J connectivity index is 1.60. The van der Waals surface area contributed by atoms with Gasteiger partial charge < -0.3 is 10.6 Å². The number of urea groups is 1. The van der Waals surface area contributed by atoms with Crippen LogP contribution < -0.4 is 21.5 Å². The molecule has 0 heterocycles. The molecule has 4 amide bonds. The standard InChI is InChI=1S/C18H20N4O3/c23-16(19-13-14-7-3-1-4-8-14)11-12-17(24)21-22-18(25)20-15-9-5-2-6-10-15/h1-10H,11-13H2,(H,19,23)(H,21,24)(H2,20,22,25). The molecule has 0 spiro atoms. The van der Waals surface area contributed by atoms with Gasteiger partial charge in [-0.15, -0.1) is 0 Å². The van der Waals surface area contributed by atoms with E-state index in [2.05, 4.69) is 21.5 Å². The highest BCUT2D eigenvalue weighted by molar-refractivity contribution is 5.91. The van der Waals surface area contributed by atoms with Crippen LogP contribution in [0.15, 0.2) is 60.7 Å². The van der Waals surface area contributed by atoms with Crippen molar-refractivity contribution in [3.05, 3.63) is 66.2 Å². The van der Waals surface area contributed by atoms with Crippen LogP contribution >= 0.6 is 0 Å². The Hall–Kier alpha value is -3.35. The van der Waals surface area contributed by atoms with Gasteiger partial charge in [-0.1, -0.05) is 48.5 Å². The van der Waals surface area contributed by atoms with Gasteiger partial charge in [0.1, 0.15) is 0 Å². The third-order valence-corrected chi connectivity index (χ3v) is 3.26. The number of hydrogen-bond donors (Lipinski definition) is 4. The SMILES string of the molecule is O=C(CCC(=O)NNC(=O)Nc1ccccc1)NCc1ccccc1. The Kier molecular flexibility index (Phi) is 6.99. The first-order valence-corrected chi connectivity index (χ1v) is 7.85. The van der Waals surface area contributed by atoms with Crippen molar-refractivity contribution >= 4 is 23.5 Å². The Morgan fingerprint density at radius 1 is 0.720 bits per heavy atom. The number of amides is 4. The van der Waals surface area contributed by atoms with Gasteiger partial charge in [-0.3, -0.25) is 15.0 Å². The van der Waals surface area contributed by atoms with Crippen LogP contribution in [0, 0.1) is 0 Å². The summed E-state index contributed by atoms with van der Waals surface area (Å²) in [6, 6.07) is 17.8. The summed E-state index contributed by atoms with van der Waals surface area (Å²) in [5.41, 5.74) is 6.07. The monoisotopic (exact) mass is 340 g/mol. The lowest BCUT2D eigenvalue weighted by molar-refractivity contribution is -0.126. The van der Waals surface area contributed by atoms with Gasteiger partial charge in [0.05, 0.1) is 0 Å². The van der Waals surface area contributed by atoms with Crippen molar-refractivity contribution < 1.29 is 14.4 Å². The first kappa shape index (κ1) is 18.0. The molecule has 0 aliphatic rings. The van der Waals surface area contributed by atoms with Gasteiger partial charge in [-0.25, -0.2) is 10.2 Å².